The number of ether oxygens (including phenoxy) is 1. The summed E-state index contributed by atoms with van der Waals surface area (Å²) < 4.78 is 6.70. The molecule has 20 heavy (non-hydrogen) atoms. The third kappa shape index (κ3) is 3.62. The molecule has 0 radical (unpaired) electrons. The molecule has 5 nitrogen and oxygen atoms in total. The summed E-state index contributed by atoms with van der Waals surface area (Å²) in [5, 5.41) is 6.53. The lowest BCUT2D eigenvalue weighted by Gasteiger charge is -2.15. The molecule has 104 valence electrons. The van der Waals surface area contributed by atoms with Crippen LogP contribution in [0.2, 0.25) is 0 Å². The van der Waals surface area contributed by atoms with Gasteiger partial charge in [-0.2, -0.15) is 5.10 Å². The Balaban J connectivity index is 2.76. The van der Waals surface area contributed by atoms with E-state index in [1.54, 1.807) is 32.2 Å². The monoisotopic (exact) mass is 271 g/mol. The van der Waals surface area contributed by atoms with E-state index < -0.39 is 12.2 Å². The molecule has 0 spiro atoms. The molecule has 1 heterocycles. The fraction of sp³-hybridized carbons (Fsp3) is 0.200. The molecule has 0 bridgehead atoms. The van der Waals surface area contributed by atoms with Crippen molar-refractivity contribution in [3.63, 3.8) is 0 Å². The molecule has 0 aliphatic heterocycles. The van der Waals surface area contributed by atoms with Gasteiger partial charge in [0, 0.05) is 7.05 Å². The SMILES string of the molecule is C#Cc1cnn(C)c1NC(=O)O[C@H](C)/C(C=C)=C/C=C. The Bertz CT molecular complexity index is 591. The van der Waals surface area contributed by atoms with Crippen LogP contribution in [-0.2, 0) is 11.8 Å². The van der Waals surface area contributed by atoms with Crippen molar-refractivity contribution in [1.82, 2.24) is 9.78 Å². The van der Waals surface area contributed by atoms with Crippen LogP contribution in [0.5, 0.6) is 0 Å². The van der Waals surface area contributed by atoms with Crippen molar-refractivity contribution >= 4 is 11.9 Å². The number of carbonyl (C=O) groups excluding carboxylic acids is 1. The average Bonchev–Trinajstić information content (AvgIpc) is 2.76. The van der Waals surface area contributed by atoms with Crippen LogP contribution in [0.3, 0.4) is 0 Å². The van der Waals surface area contributed by atoms with E-state index in [2.05, 4.69) is 29.5 Å². The number of nitrogens with zero attached hydrogens (tertiary/aromatic N) is 2. The predicted molar refractivity (Wildman–Crippen MR) is 79.2 cm³/mol. The van der Waals surface area contributed by atoms with Crippen LogP contribution in [0.1, 0.15) is 12.5 Å². The summed E-state index contributed by atoms with van der Waals surface area (Å²) in [6, 6.07) is 0. The lowest BCUT2D eigenvalue weighted by atomic mass is 10.1. The molecule has 0 unspecified atom stereocenters. The highest BCUT2D eigenvalue weighted by molar-refractivity contribution is 5.85. The third-order valence-corrected chi connectivity index (χ3v) is 2.61. The highest BCUT2D eigenvalue weighted by Crippen LogP contribution is 2.14. The van der Waals surface area contributed by atoms with E-state index in [-0.39, 0.29) is 0 Å². The summed E-state index contributed by atoms with van der Waals surface area (Å²) in [5.41, 5.74) is 1.24. The molecule has 0 aliphatic rings. The first kappa shape index (κ1) is 15.3. The van der Waals surface area contributed by atoms with E-state index in [0.717, 1.165) is 5.57 Å². The number of hydrogen-bond acceptors (Lipinski definition) is 3. The Labute approximate surface area is 118 Å². The van der Waals surface area contributed by atoms with E-state index in [1.165, 1.54) is 10.9 Å². The fourth-order valence-electron chi connectivity index (χ4n) is 1.55. The maximum Gasteiger partial charge on any atom is 0.413 e. The molecule has 5 heteroatoms. The zero-order valence-electron chi connectivity index (χ0n) is 11.6. The second-order valence-electron chi connectivity index (χ2n) is 3.95. The van der Waals surface area contributed by atoms with Gasteiger partial charge in [-0.1, -0.05) is 37.3 Å². The van der Waals surface area contributed by atoms with Crippen LogP contribution < -0.4 is 5.32 Å². The number of amides is 1. The Morgan fingerprint density at radius 2 is 2.35 bits per heavy atom. The summed E-state index contributed by atoms with van der Waals surface area (Å²) in [7, 11) is 1.67. The number of carbonyl (C=O) groups is 1. The Morgan fingerprint density at radius 1 is 1.65 bits per heavy atom. The second-order valence-corrected chi connectivity index (χ2v) is 3.95. The minimum Gasteiger partial charge on any atom is -0.441 e. The van der Waals surface area contributed by atoms with Gasteiger partial charge in [-0.05, 0) is 12.5 Å². The summed E-state index contributed by atoms with van der Waals surface area (Å²) in [6.45, 7) is 8.99. The number of allylic oxidation sites excluding steroid dienone is 2. The van der Waals surface area contributed by atoms with E-state index in [0.29, 0.717) is 11.4 Å². The van der Waals surface area contributed by atoms with Crippen molar-refractivity contribution in [3.8, 4) is 12.3 Å². The number of nitrogens with one attached hydrogen (secondary N) is 1. The number of hydrogen-bond donors (Lipinski definition) is 1. The third-order valence-electron chi connectivity index (χ3n) is 2.61. The van der Waals surface area contributed by atoms with Crippen LogP contribution in [0.4, 0.5) is 10.6 Å². The number of aromatic nitrogens is 2. The number of rotatable bonds is 5. The second kappa shape index (κ2) is 7.00. The van der Waals surface area contributed by atoms with Gasteiger partial charge in [0.2, 0.25) is 0 Å². The molecule has 0 saturated carbocycles. The first-order chi connectivity index (χ1) is 9.53. The van der Waals surface area contributed by atoms with Gasteiger partial charge in [0.25, 0.3) is 0 Å². The van der Waals surface area contributed by atoms with Gasteiger partial charge < -0.3 is 4.74 Å². The van der Waals surface area contributed by atoms with Crippen LogP contribution >= 0.6 is 0 Å². The van der Waals surface area contributed by atoms with Gasteiger partial charge in [0.05, 0.1) is 11.8 Å². The summed E-state index contributed by atoms with van der Waals surface area (Å²) in [5.74, 6) is 2.85. The van der Waals surface area contributed by atoms with Gasteiger partial charge in [0.1, 0.15) is 11.9 Å². The lowest BCUT2D eigenvalue weighted by Crippen LogP contribution is -2.22. The number of anilines is 1. The molecular formula is C15H17N3O2. The standard InChI is InChI=1S/C15H17N3O2/c1-6-9-12(7-2)11(4)20-15(19)17-14-13(8-3)10-16-18(14)5/h3,6-7,9-11H,1-2H2,4-5H3,(H,17,19)/b12-9+/t11-/m1/s1. The van der Waals surface area contributed by atoms with E-state index in [1.807, 2.05) is 0 Å². The van der Waals surface area contributed by atoms with E-state index >= 15 is 0 Å². The minimum atomic E-state index is -0.616. The molecule has 0 fully saturated rings. The zero-order valence-corrected chi connectivity index (χ0v) is 11.6. The molecule has 0 aliphatic carbocycles. The average molecular weight is 271 g/mol. The van der Waals surface area contributed by atoms with Crippen molar-refractivity contribution in [2.45, 2.75) is 13.0 Å². The van der Waals surface area contributed by atoms with Crippen LogP contribution in [0.15, 0.2) is 43.2 Å². The Hall–Kier alpha value is -2.74. The number of aryl methyl sites for hydroxylation is 1. The van der Waals surface area contributed by atoms with Gasteiger partial charge >= 0.3 is 6.09 Å². The van der Waals surface area contributed by atoms with Crippen molar-refractivity contribution < 1.29 is 9.53 Å². The summed E-state index contributed by atoms with van der Waals surface area (Å²) in [4.78, 5) is 11.8. The first-order valence-electron chi connectivity index (χ1n) is 5.94. The molecule has 1 aromatic heterocycles. The molecule has 0 saturated heterocycles. The molecular weight excluding hydrogens is 254 g/mol. The fourth-order valence-corrected chi connectivity index (χ4v) is 1.55. The molecule has 1 atom stereocenters. The van der Waals surface area contributed by atoms with Crippen LogP contribution in [0.25, 0.3) is 0 Å². The normalized spacial score (nSPS) is 12.2. The Kier molecular flexibility index (Phi) is 5.36. The highest BCUT2D eigenvalue weighted by atomic mass is 16.6. The maximum atomic E-state index is 11.8. The quantitative estimate of drug-likeness (QED) is 0.661. The molecule has 1 amide bonds. The van der Waals surface area contributed by atoms with Gasteiger partial charge in [-0.3, -0.25) is 10.00 Å². The van der Waals surface area contributed by atoms with Gasteiger partial charge in [-0.15, -0.1) is 6.42 Å². The number of terminal acetylenes is 1. The van der Waals surface area contributed by atoms with Gasteiger partial charge in [0.15, 0.2) is 0 Å². The van der Waals surface area contributed by atoms with Crippen molar-refractivity contribution in [1.29, 1.82) is 0 Å². The maximum absolute atomic E-state index is 11.8. The minimum absolute atomic E-state index is 0.414. The smallest absolute Gasteiger partial charge is 0.413 e. The largest absolute Gasteiger partial charge is 0.441 e. The van der Waals surface area contributed by atoms with Gasteiger partial charge in [-0.25, -0.2) is 4.79 Å². The van der Waals surface area contributed by atoms with Crippen molar-refractivity contribution in [3.05, 3.63) is 48.7 Å². The van der Waals surface area contributed by atoms with E-state index in [9.17, 15) is 4.79 Å². The summed E-state index contributed by atoms with van der Waals surface area (Å²) >= 11 is 0. The molecule has 1 N–H and O–H groups in total. The van der Waals surface area contributed by atoms with Crippen LogP contribution in [0, 0.1) is 12.3 Å². The van der Waals surface area contributed by atoms with Crippen molar-refractivity contribution in [2.75, 3.05) is 5.32 Å². The first-order valence-corrected chi connectivity index (χ1v) is 5.94. The van der Waals surface area contributed by atoms with Crippen LogP contribution in [-0.4, -0.2) is 22.0 Å². The Morgan fingerprint density at radius 3 is 2.90 bits per heavy atom. The highest BCUT2D eigenvalue weighted by Gasteiger charge is 2.15. The molecule has 1 aromatic rings. The van der Waals surface area contributed by atoms with Crippen molar-refractivity contribution in [2.24, 2.45) is 7.05 Å². The molecule has 1 rings (SSSR count). The topological polar surface area (TPSA) is 56.2 Å². The predicted octanol–water partition coefficient (Wildman–Crippen LogP) is 2.64. The van der Waals surface area contributed by atoms with E-state index in [4.69, 9.17) is 11.2 Å². The summed E-state index contributed by atoms with van der Waals surface area (Å²) in [6.07, 6.45) is 10.7. The zero-order chi connectivity index (χ0) is 15.1. The molecule has 0 aromatic carbocycles. The lowest BCUT2D eigenvalue weighted by molar-refractivity contribution is 0.138.